The van der Waals surface area contributed by atoms with E-state index in [0.717, 1.165) is 4.90 Å². The smallest absolute Gasteiger partial charge is 0.333 e. The van der Waals surface area contributed by atoms with Crippen molar-refractivity contribution in [2.75, 3.05) is 6.79 Å². The lowest BCUT2D eigenvalue weighted by Gasteiger charge is -2.43. The fourth-order valence-corrected chi connectivity index (χ4v) is 9.57. The summed E-state index contributed by atoms with van der Waals surface area (Å²) >= 11 is 1.48. The fourth-order valence-electron chi connectivity index (χ4n) is 5.74. The molecule has 0 spiro atoms. The molecule has 0 aliphatic carbocycles. The molecule has 5 rings (SSSR count). The standard InChI is InChI=1S/C25H30N4O9S2/c1-24(2)17(28-13(30)10-14(28)39-24)22(33)37-11-38-23(34)18-25(3,4)40(35,36)21-16(20(32)29(18)21)27-19(31)15(26)12-8-6-5-7-9-12/h5-9,14-18,21H,10-11,26H2,1-4H3,(H,27,31)/t14-,15+,16+,17-,18+,21+/m1/s1. The summed E-state index contributed by atoms with van der Waals surface area (Å²) in [6.07, 6.45) is 0.336. The Bertz CT molecular complexity index is 1400. The molecule has 0 bridgehead atoms. The number of thioether (sulfide) groups is 1. The molecule has 1 aromatic rings. The van der Waals surface area contributed by atoms with E-state index in [-0.39, 0.29) is 11.3 Å². The van der Waals surface area contributed by atoms with Crippen LogP contribution in [-0.4, -0.2) is 93.0 Å². The lowest BCUT2D eigenvalue weighted by atomic mass is 9.95. The van der Waals surface area contributed by atoms with Crippen molar-refractivity contribution < 1.29 is 41.9 Å². The Morgan fingerprint density at radius 2 is 1.65 bits per heavy atom. The van der Waals surface area contributed by atoms with Crippen molar-refractivity contribution in [3.8, 4) is 0 Å². The van der Waals surface area contributed by atoms with Gasteiger partial charge in [-0.2, -0.15) is 0 Å². The largest absolute Gasteiger partial charge is 0.426 e. The van der Waals surface area contributed by atoms with Gasteiger partial charge in [0.1, 0.15) is 28.9 Å². The van der Waals surface area contributed by atoms with Gasteiger partial charge in [-0.05, 0) is 33.3 Å². The number of sulfone groups is 1. The van der Waals surface area contributed by atoms with Crippen molar-refractivity contribution in [2.24, 2.45) is 5.73 Å². The summed E-state index contributed by atoms with van der Waals surface area (Å²) in [7, 11) is -4.17. The highest BCUT2D eigenvalue weighted by atomic mass is 32.2. The number of benzene rings is 1. The van der Waals surface area contributed by atoms with Gasteiger partial charge in [-0.3, -0.25) is 14.4 Å². The average Bonchev–Trinajstić information content (AvgIpc) is 3.19. The Morgan fingerprint density at radius 1 is 1.05 bits per heavy atom. The van der Waals surface area contributed by atoms with Crippen LogP contribution in [0.4, 0.5) is 0 Å². The van der Waals surface area contributed by atoms with Crippen LogP contribution in [0.5, 0.6) is 0 Å². The number of β-lactam (4-membered cyclic amide) rings is 2. The molecule has 4 saturated heterocycles. The predicted molar refractivity (Wildman–Crippen MR) is 140 cm³/mol. The van der Waals surface area contributed by atoms with Crippen molar-refractivity contribution in [1.29, 1.82) is 0 Å². The molecule has 13 nitrogen and oxygen atoms in total. The molecule has 3 amide bonds. The van der Waals surface area contributed by atoms with E-state index in [2.05, 4.69) is 5.32 Å². The maximum atomic E-state index is 13.4. The van der Waals surface area contributed by atoms with Crippen molar-refractivity contribution in [1.82, 2.24) is 15.1 Å². The van der Waals surface area contributed by atoms with Gasteiger partial charge in [0.25, 0.3) is 0 Å². The molecule has 4 aliphatic heterocycles. The number of nitrogens with two attached hydrogens (primary N) is 1. The fraction of sp³-hybridized carbons (Fsp3) is 0.560. The highest BCUT2D eigenvalue weighted by Crippen LogP contribution is 2.51. The summed E-state index contributed by atoms with van der Waals surface area (Å²) in [5, 5.41) is 0.806. The van der Waals surface area contributed by atoms with Gasteiger partial charge in [-0.15, -0.1) is 11.8 Å². The third-order valence-corrected chi connectivity index (χ3v) is 12.3. The SMILES string of the molecule is CC1(C)S[C@@H]2CC(=O)N2[C@@H]1C(=O)OCOC(=O)[C@@H]1N2C(=O)[C@H](NC(=O)[C@@H](N)c3ccccc3)[C@@H]2S(=O)(=O)C1(C)C. The van der Waals surface area contributed by atoms with Gasteiger partial charge >= 0.3 is 11.9 Å². The summed E-state index contributed by atoms with van der Waals surface area (Å²) in [6.45, 7) is 5.37. The molecule has 6 atom stereocenters. The van der Waals surface area contributed by atoms with Crippen LogP contribution in [0.25, 0.3) is 0 Å². The second kappa shape index (κ2) is 9.45. The first-order chi connectivity index (χ1) is 18.6. The number of rotatable bonds is 7. The minimum atomic E-state index is -4.17. The lowest BCUT2D eigenvalue weighted by molar-refractivity contribution is -0.181. The molecule has 4 aliphatic rings. The normalized spacial score (nSPS) is 31.3. The van der Waals surface area contributed by atoms with E-state index in [1.54, 1.807) is 30.3 Å². The Kier molecular flexibility index (Phi) is 6.70. The number of carbonyl (C=O) groups excluding carboxylic acids is 5. The van der Waals surface area contributed by atoms with E-state index >= 15 is 0 Å². The second-order valence-electron chi connectivity index (χ2n) is 11.2. The Balaban J connectivity index is 1.24. The van der Waals surface area contributed by atoms with Crippen LogP contribution < -0.4 is 11.1 Å². The molecule has 216 valence electrons. The Morgan fingerprint density at radius 3 is 2.25 bits per heavy atom. The summed E-state index contributed by atoms with van der Waals surface area (Å²) in [6, 6.07) is 3.40. The van der Waals surface area contributed by atoms with E-state index in [4.69, 9.17) is 15.2 Å². The molecule has 0 radical (unpaired) electrons. The van der Waals surface area contributed by atoms with Crippen molar-refractivity contribution in [3.05, 3.63) is 35.9 Å². The zero-order valence-corrected chi connectivity index (χ0v) is 23.9. The number of carbonyl (C=O) groups is 5. The third kappa shape index (κ3) is 4.08. The number of nitrogens with one attached hydrogen (secondary N) is 1. The maximum absolute atomic E-state index is 13.4. The van der Waals surface area contributed by atoms with Crippen molar-refractivity contribution >= 4 is 51.3 Å². The van der Waals surface area contributed by atoms with Gasteiger partial charge in [0, 0.05) is 4.75 Å². The molecule has 4 fully saturated rings. The van der Waals surface area contributed by atoms with Crippen molar-refractivity contribution in [3.63, 3.8) is 0 Å². The minimum Gasteiger partial charge on any atom is -0.426 e. The molecular formula is C25H30N4O9S2. The monoisotopic (exact) mass is 594 g/mol. The summed E-state index contributed by atoms with van der Waals surface area (Å²) < 4.78 is 34.7. The second-order valence-corrected chi connectivity index (χ2v) is 15.6. The first-order valence-electron chi connectivity index (χ1n) is 12.6. The molecule has 40 heavy (non-hydrogen) atoms. The van der Waals surface area contributed by atoms with Gasteiger partial charge in [0.15, 0.2) is 15.2 Å². The maximum Gasteiger partial charge on any atom is 0.333 e. The first-order valence-corrected chi connectivity index (χ1v) is 15.0. The van der Waals surface area contributed by atoms with Crippen molar-refractivity contribution in [2.45, 2.75) is 78.5 Å². The third-order valence-electron chi connectivity index (χ3n) is 7.98. The number of fused-ring (bicyclic) bond motifs is 2. The number of amides is 3. The summed E-state index contributed by atoms with van der Waals surface area (Å²) in [5.74, 6) is -3.53. The molecule has 0 unspecified atom stereocenters. The average molecular weight is 595 g/mol. The molecular weight excluding hydrogens is 564 g/mol. The predicted octanol–water partition coefficient (Wildman–Crippen LogP) is -0.589. The van der Waals surface area contributed by atoms with Gasteiger partial charge in [-0.25, -0.2) is 18.0 Å². The van der Waals surface area contributed by atoms with Crippen LogP contribution in [0.1, 0.15) is 45.7 Å². The van der Waals surface area contributed by atoms with E-state index in [1.807, 2.05) is 13.8 Å². The molecule has 0 saturated carbocycles. The van der Waals surface area contributed by atoms with Crippen LogP contribution in [-0.2, 0) is 43.3 Å². The first kappa shape index (κ1) is 28.4. The Hall–Kier alpha value is -3.17. The zero-order chi connectivity index (χ0) is 29.4. The summed E-state index contributed by atoms with van der Waals surface area (Å²) in [4.78, 5) is 65.9. The highest BCUT2D eigenvalue weighted by molar-refractivity contribution is 8.01. The van der Waals surface area contributed by atoms with E-state index < -0.39 is 79.4 Å². The van der Waals surface area contributed by atoms with Crippen LogP contribution >= 0.6 is 11.8 Å². The van der Waals surface area contributed by atoms with Gasteiger partial charge in [-0.1, -0.05) is 30.3 Å². The quantitative estimate of drug-likeness (QED) is 0.234. The molecule has 4 heterocycles. The van der Waals surface area contributed by atoms with E-state index in [1.165, 1.54) is 30.5 Å². The number of esters is 2. The van der Waals surface area contributed by atoms with E-state index in [9.17, 15) is 32.4 Å². The van der Waals surface area contributed by atoms with Gasteiger partial charge < -0.3 is 30.3 Å². The minimum absolute atomic E-state index is 0.114. The number of hydrogen-bond acceptors (Lipinski definition) is 11. The van der Waals surface area contributed by atoms with Crippen LogP contribution in [0.3, 0.4) is 0 Å². The van der Waals surface area contributed by atoms with E-state index in [0.29, 0.717) is 12.0 Å². The number of hydrogen-bond donors (Lipinski definition) is 2. The molecule has 1 aromatic carbocycles. The van der Waals surface area contributed by atoms with Crippen LogP contribution in [0.2, 0.25) is 0 Å². The molecule has 3 N–H and O–H groups in total. The van der Waals surface area contributed by atoms with Gasteiger partial charge in [0.2, 0.25) is 24.5 Å². The highest BCUT2D eigenvalue weighted by Gasteiger charge is 2.73. The summed E-state index contributed by atoms with van der Waals surface area (Å²) in [5.41, 5.74) is 6.46. The van der Waals surface area contributed by atoms with Gasteiger partial charge in [0.05, 0.1) is 11.8 Å². The topological polar surface area (TPSA) is 182 Å². The lowest BCUT2D eigenvalue weighted by Crippen LogP contribution is -2.72. The van der Waals surface area contributed by atoms with Crippen LogP contribution in [0, 0.1) is 0 Å². The van der Waals surface area contributed by atoms with Crippen LogP contribution in [0.15, 0.2) is 30.3 Å². The molecule has 15 heteroatoms. The molecule has 0 aromatic heterocycles. The Labute approximate surface area is 235 Å². The number of ether oxygens (including phenoxy) is 2. The zero-order valence-electron chi connectivity index (χ0n) is 22.2. The number of nitrogens with zero attached hydrogens (tertiary/aromatic N) is 2.